The first-order chi connectivity index (χ1) is 12.1. The Balaban J connectivity index is 1.78. The van der Waals surface area contributed by atoms with Gasteiger partial charge < -0.3 is 4.42 Å². The van der Waals surface area contributed by atoms with E-state index in [1.165, 1.54) is 17.4 Å². The maximum Gasteiger partial charge on any atom is 0.349 e. The summed E-state index contributed by atoms with van der Waals surface area (Å²) in [5, 5.41) is 11.6. The van der Waals surface area contributed by atoms with E-state index < -0.39 is 11.5 Å². The maximum absolute atomic E-state index is 12.4. The predicted octanol–water partition coefficient (Wildman–Crippen LogP) is 4.55. The minimum absolute atomic E-state index is 0.0685. The van der Waals surface area contributed by atoms with Crippen LogP contribution in [-0.2, 0) is 0 Å². The number of nitrogens with zero attached hydrogens (tertiary/aromatic N) is 2. The van der Waals surface area contributed by atoms with Gasteiger partial charge in [0.2, 0.25) is 5.13 Å². The van der Waals surface area contributed by atoms with E-state index in [9.17, 15) is 9.59 Å². The van der Waals surface area contributed by atoms with Gasteiger partial charge in [0, 0.05) is 15.6 Å². The average Bonchev–Trinajstić information content (AvgIpc) is 3.02. The molecular formula is C16H14BrN3O3S2. The summed E-state index contributed by atoms with van der Waals surface area (Å²) >= 11 is 6.25. The van der Waals surface area contributed by atoms with Crippen LogP contribution in [-0.4, -0.2) is 21.9 Å². The van der Waals surface area contributed by atoms with Gasteiger partial charge in [-0.15, -0.1) is 10.2 Å². The minimum atomic E-state index is -0.686. The summed E-state index contributed by atoms with van der Waals surface area (Å²) in [6.45, 7) is 2.12. The van der Waals surface area contributed by atoms with Crippen molar-refractivity contribution in [2.75, 3.05) is 11.1 Å². The van der Waals surface area contributed by atoms with Crippen molar-refractivity contribution in [1.29, 1.82) is 0 Å². The molecule has 1 N–H and O–H groups in total. The Bertz CT molecular complexity index is 971. The zero-order valence-corrected chi connectivity index (χ0v) is 16.5. The number of nitrogens with one attached hydrogen (secondary N) is 1. The zero-order chi connectivity index (χ0) is 17.8. The Kier molecular flexibility index (Phi) is 5.87. The molecule has 9 heteroatoms. The Hall–Kier alpha value is -1.71. The number of hydrogen-bond donors (Lipinski definition) is 1. The molecular weight excluding hydrogens is 426 g/mol. The minimum Gasteiger partial charge on any atom is -0.422 e. The van der Waals surface area contributed by atoms with Crippen molar-refractivity contribution < 1.29 is 9.21 Å². The van der Waals surface area contributed by atoms with Gasteiger partial charge in [-0.1, -0.05) is 52.4 Å². The fraction of sp³-hybridized carbons (Fsp3) is 0.250. The molecule has 3 aromatic rings. The Morgan fingerprint density at radius 3 is 3.00 bits per heavy atom. The standard InChI is InChI=1S/C16H14BrN3O3S2/c1-2-3-6-24-16-20-19-15(25-16)18-13(21)11-8-9-7-10(17)4-5-12(9)23-14(11)22/h4-5,7-8H,2-3,6H2,1H3,(H,18,19,21). The molecule has 0 fully saturated rings. The molecule has 0 aliphatic rings. The fourth-order valence-corrected chi connectivity index (χ4v) is 4.32. The van der Waals surface area contributed by atoms with E-state index in [2.05, 4.69) is 38.4 Å². The number of thioether (sulfide) groups is 1. The van der Waals surface area contributed by atoms with E-state index in [-0.39, 0.29) is 5.56 Å². The van der Waals surface area contributed by atoms with Crippen LogP contribution in [0, 0.1) is 0 Å². The highest BCUT2D eigenvalue weighted by atomic mass is 79.9. The normalized spacial score (nSPS) is 11.0. The quantitative estimate of drug-likeness (QED) is 0.262. The molecule has 0 spiro atoms. The van der Waals surface area contributed by atoms with Crippen LogP contribution < -0.4 is 10.9 Å². The van der Waals surface area contributed by atoms with Crippen molar-refractivity contribution in [3.8, 4) is 0 Å². The van der Waals surface area contributed by atoms with Crippen LogP contribution in [0.15, 0.2) is 42.3 Å². The largest absolute Gasteiger partial charge is 0.422 e. The first-order valence-corrected chi connectivity index (χ1v) is 10.2. The van der Waals surface area contributed by atoms with Crippen LogP contribution in [0.5, 0.6) is 0 Å². The topological polar surface area (TPSA) is 85.1 Å². The number of carbonyl (C=O) groups excluding carboxylic acids is 1. The van der Waals surface area contributed by atoms with Crippen molar-refractivity contribution in [1.82, 2.24) is 10.2 Å². The summed E-state index contributed by atoms with van der Waals surface area (Å²) < 4.78 is 6.82. The number of rotatable bonds is 6. The highest BCUT2D eigenvalue weighted by Gasteiger charge is 2.16. The molecule has 25 heavy (non-hydrogen) atoms. The van der Waals surface area contributed by atoms with E-state index >= 15 is 0 Å². The second kappa shape index (κ2) is 8.11. The molecule has 0 saturated carbocycles. The molecule has 0 radical (unpaired) electrons. The van der Waals surface area contributed by atoms with Gasteiger partial charge in [-0.05, 0) is 30.7 Å². The number of hydrogen-bond acceptors (Lipinski definition) is 7. The van der Waals surface area contributed by atoms with Gasteiger partial charge in [0.25, 0.3) is 5.91 Å². The lowest BCUT2D eigenvalue weighted by Crippen LogP contribution is -2.20. The number of unbranched alkanes of at least 4 members (excludes halogenated alkanes) is 1. The van der Waals surface area contributed by atoms with Crippen LogP contribution in [0.4, 0.5) is 5.13 Å². The second-order valence-corrected chi connectivity index (χ2v) is 8.39. The molecule has 1 aromatic carbocycles. The number of benzene rings is 1. The first-order valence-electron chi connectivity index (χ1n) is 7.58. The highest BCUT2D eigenvalue weighted by Crippen LogP contribution is 2.26. The lowest BCUT2D eigenvalue weighted by molar-refractivity contribution is 0.102. The zero-order valence-electron chi connectivity index (χ0n) is 13.2. The third kappa shape index (κ3) is 4.47. The van der Waals surface area contributed by atoms with Crippen molar-refractivity contribution in [3.63, 3.8) is 0 Å². The number of halogens is 1. The van der Waals surface area contributed by atoms with Gasteiger partial charge in [-0.25, -0.2) is 4.79 Å². The molecule has 2 aromatic heterocycles. The third-order valence-corrected chi connectivity index (χ3v) is 5.84. The molecule has 0 aliphatic carbocycles. The van der Waals surface area contributed by atoms with Crippen LogP contribution in [0.1, 0.15) is 30.1 Å². The third-order valence-electron chi connectivity index (χ3n) is 3.29. The van der Waals surface area contributed by atoms with Crippen LogP contribution >= 0.6 is 39.0 Å². The number of anilines is 1. The summed E-state index contributed by atoms with van der Waals surface area (Å²) in [4.78, 5) is 24.4. The van der Waals surface area contributed by atoms with Gasteiger partial charge in [0.1, 0.15) is 11.1 Å². The molecule has 130 valence electrons. The van der Waals surface area contributed by atoms with Crippen LogP contribution in [0.25, 0.3) is 11.0 Å². The van der Waals surface area contributed by atoms with Gasteiger partial charge in [-0.2, -0.15) is 0 Å². The van der Waals surface area contributed by atoms with Crippen molar-refractivity contribution in [2.45, 2.75) is 24.1 Å². The molecule has 0 unspecified atom stereocenters. The highest BCUT2D eigenvalue weighted by molar-refractivity contribution is 9.10. The number of carbonyl (C=O) groups is 1. The van der Waals surface area contributed by atoms with E-state index in [1.54, 1.807) is 30.0 Å². The van der Waals surface area contributed by atoms with E-state index in [0.717, 1.165) is 27.4 Å². The summed E-state index contributed by atoms with van der Waals surface area (Å²) in [7, 11) is 0. The van der Waals surface area contributed by atoms with Crippen LogP contribution in [0.3, 0.4) is 0 Å². The maximum atomic E-state index is 12.4. The summed E-state index contributed by atoms with van der Waals surface area (Å²) in [5.74, 6) is 0.402. The summed E-state index contributed by atoms with van der Waals surface area (Å²) in [6, 6.07) is 6.73. The first kappa shape index (κ1) is 18.1. The molecule has 0 bridgehead atoms. The van der Waals surface area contributed by atoms with Crippen molar-refractivity contribution >= 4 is 61.0 Å². The molecule has 0 atom stereocenters. The van der Waals surface area contributed by atoms with Gasteiger partial charge in [0.05, 0.1) is 0 Å². The van der Waals surface area contributed by atoms with E-state index in [4.69, 9.17) is 4.42 Å². The Labute approximate surface area is 160 Å². The van der Waals surface area contributed by atoms with Crippen LogP contribution in [0.2, 0.25) is 0 Å². The Morgan fingerprint density at radius 1 is 1.36 bits per heavy atom. The predicted molar refractivity (Wildman–Crippen MR) is 104 cm³/mol. The summed E-state index contributed by atoms with van der Waals surface area (Å²) in [6.07, 6.45) is 2.21. The monoisotopic (exact) mass is 439 g/mol. The van der Waals surface area contributed by atoms with E-state index in [1.807, 2.05) is 0 Å². The molecule has 6 nitrogen and oxygen atoms in total. The molecule has 0 saturated heterocycles. The van der Waals surface area contributed by atoms with Crippen molar-refractivity contribution in [2.24, 2.45) is 0 Å². The number of aromatic nitrogens is 2. The second-order valence-electron chi connectivity index (χ2n) is 5.16. The number of fused-ring (bicyclic) bond motifs is 1. The van der Waals surface area contributed by atoms with Crippen molar-refractivity contribution in [3.05, 3.63) is 44.7 Å². The molecule has 1 amide bonds. The fourth-order valence-electron chi connectivity index (χ4n) is 2.04. The molecule has 3 rings (SSSR count). The number of amides is 1. The summed E-state index contributed by atoms with van der Waals surface area (Å²) in [5.41, 5.74) is -0.328. The van der Waals surface area contributed by atoms with E-state index in [0.29, 0.717) is 16.1 Å². The lowest BCUT2D eigenvalue weighted by Gasteiger charge is -2.02. The molecule has 2 heterocycles. The van der Waals surface area contributed by atoms with Gasteiger partial charge >= 0.3 is 5.63 Å². The molecule has 0 aliphatic heterocycles. The lowest BCUT2D eigenvalue weighted by atomic mass is 10.2. The SMILES string of the molecule is CCCCSc1nnc(NC(=O)c2cc3cc(Br)ccc3oc2=O)s1. The smallest absolute Gasteiger partial charge is 0.349 e. The average molecular weight is 440 g/mol. The Morgan fingerprint density at radius 2 is 2.20 bits per heavy atom. The van der Waals surface area contributed by atoms with Gasteiger partial charge in [-0.3, -0.25) is 10.1 Å². The van der Waals surface area contributed by atoms with Gasteiger partial charge in [0.15, 0.2) is 4.34 Å².